The van der Waals surface area contributed by atoms with Crippen LogP contribution < -0.4 is 15.8 Å². The summed E-state index contributed by atoms with van der Waals surface area (Å²) in [5, 5.41) is 2.94. The lowest BCUT2D eigenvalue weighted by Gasteiger charge is -2.13. The normalized spacial score (nSPS) is 11.9. The minimum atomic E-state index is -0.565. The van der Waals surface area contributed by atoms with Crippen molar-refractivity contribution in [2.24, 2.45) is 5.73 Å². The van der Waals surface area contributed by atoms with E-state index in [1.54, 1.807) is 6.92 Å². The quantitative estimate of drug-likeness (QED) is 0.732. The molecule has 0 saturated carbocycles. The van der Waals surface area contributed by atoms with Gasteiger partial charge in [0.05, 0.1) is 7.11 Å². The summed E-state index contributed by atoms with van der Waals surface area (Å²) in [5.74, 6) is 0.128. The number of methoxy groups -OCH3 is 1. The van der Waals surface area contributed by atoms with Crippen LogP contribution in [0.4, 0.5) is 5.82 Å². The van der Waals surface area contributed by atoms with Crippen molar-refractivity contribution in [2.45, 2.75) is 13.0 Å². The molecule has 0 bridgehead atoms. The largest absolute Gasteiger partial charge is 0.490 e. The van der Waals surface area contributed by atoms with Gasteiger partial charge in [-0.3, -0.25) is 4.79 Å². The predicted molar refractivity (Wildman–Crippen MR) is 55.9 cm³/mol. The molecule has 1 rings (SSSR count). The van der Waals surface area contributed by atoms with Crippen molar-refractivity contribution in [3.8, 4) is 5.75 Å². The fraction of sp³-hybridized carbons (Fsp3) is 0.375. The van der Waals surface area contributed by atoms with Crippen molar-refractivity contribution in [3.63, 3.8) is 0 Å². The summed E-state index contributed by atoms with van der Waals surface area (Å²) < 4.78 is 4.99. The standard InChI is InChI=1S/C8H11ClN4O2/c1-4(7(10)14)13-8-5(15-2)6(9)11-3-12-8/h3-4H,1-2H3,(H2,10,14)(H,11,12,13). The fourth-order valence-corrected chi connectivity index (χ4v) is 1.12. The van der Waals surface area contributed by atoms with Crippen molar-refractivity contribution in [3.05, 3.63) is 11.5 Å². The van der Waals surface area contributed by atoms with Gasteiger partial charge in [0, 0.05) is 0 Å². The lowest BCUT2D eigenvalue weighted by molar-refractivity contribution is -0.118. The summed E-state index contributed by atoms with van der Waals surface area (Å²) in [6.07, 6.45) is 1.26. The first-order valence-electron chi connectivity index (χ1n) is 4.16. The molecule has 0 aliphatic rings. The molecule has 0 spiro atoms. The maximum absolute atomic E-state index is 10.8. The molecule has 6 nitrogen and oxygen atoms in total. The van der Waals surface area contributed by atoms with Gasteiger partial charge in [-0.2, -0.15) is 0 Å². The first kappa shape index (κ1) is 11.5. The predicted octanol–water partition coefficient (Wildman–Crippen LogP) is 0.424. The van der Waals surface area contributed by atoms with Crippen LogP contribution in [0.1, 0.15) is 6.92 Å². The molecule has 1 amide bonds. The molecule has 0 radical (unpaired) electrons. The Morgan fingerprint density at radius 3 is 2.87 bits per heavy atom. The average Bonchev–Trinajstić information content (AvgIpc) is 2.18. The fourth-order valence-electron chi connectivity index (χ4n) is 0.912. The molecular formula is C8H11ClN4O2. The van der Waals surface area contributed by atoms with Crippen LogP contribution in [0.25, 0.3) is 0 Å². The third kappa shape index (κ3) is 2.69. The van der Waals surface area contributed by atoms with Crippen molar-refractivity contribution < 1.29 is 9.53 Å². The summed E-state index contributed by atoms with van der Waals surface area (Å²) >= 11 is 5.76. The highest BCUT2D eigenvalue weighted by molar-refractivity contribution is 6.31. The Morgan fingerprint density at radius 2 is 2.33 bits per heavy atom. The Labute approximate surface area is 91.8 Å². The highest BCUT2D eigenvalue weighted by Crippen LogP contribution is 2.28. The molecule has 0 aromatic carbocycles. The average molecular weight is 231 g/mol. The number of nitrogens with zero attached hydrogens (tertiary/aromatic N) is 2. The lowest BCUT2D eigenvalue weighted by atomic mass is 10.3. The maximum Gasteiger partial charge on any atom is 0.239 e. The van der Waals surface area contributed by atoms with Gasteiger partial charge >= 0.3 is 0 Å². The van der Waals surface area contributed by atoms with E-state index in [-0.39, 0.29) is 10.9 Å². The molecule has 1 aromatic heterocycles. The number of anilines is 1. The Morgan fingerprint density at radius 1 is 1.67 bits per heavy atom. The van der Waals surface area contributed by atoms with Gasteiger partial charge in [0.1, 0.15) is 12.4 Å². The second kappa shape index (κ2) is 4.79. The second-order valence-electron chi connectivity index (χ2n) is 2.81. The van der Waals surface area contributed by atoms with E-state index in [0.29, 0.717) is 5.82 Å². The van der Waals surface area contributed by atoms with E-state index < -0.39 is 11.9 Å². The number of nitrogens with two attached hydrogens (primary N) is 1. The van der Waals surface area contributed by atoms with Gasteiger partial charge in [0.25, 0.3) is 0 Å². The summed E-state index contributed by atoms with van der Waals surface area (Å²) in [5.41, 5.74) is 5.09. The van der Waals surface area contributed by atoms with Crippen molar-refractivity contribution in [1.82, 2.24) is 9.97 Å². The topological polar surface area (TPSA) is 90.1 Å². The van der Waals surface area contributed by atoms with Gasteiger partial charge in [-0.15, -0.1) is 0 Å². The van der Waals surface area contributed by atoms with Crippen LogP contribution in [0.3, 0.4) is 0 Å². The SMILES string of the molecule is COc1c(Cl)ncnc1NC(C)C(N)=O. The van der Waals surface area contributed by atoms with Crippen LogP contribution in [0.5, 0.6) is 5.75 Å². The van der Waals surface area contributed by atoms with Gasteiger partial charge in [-0.05, 0) is 6.92 Å². The molecular weight excluding hydrogens is 220 g/mol. The Hall–Kier alpha value is -1.56. The third-order valence-corrected chi connectivity index (χ3v) is 2.01. The molecule has 0 saturated heterocycles. The zero-order valence-electron chi connectivity index (χ0n) is 8.32. The number of nitrogens with one attached hydrogen (secondary N) is 1. The highest BCUT2D eigenvalue weighted by Gasteiger charge is 2.15. The molecule has 15 heavy (non-hydrogen) atoms. The highest BCUT2D eigenvalue weighted by atomic mass is 35.5. The number of primary amides is 1. The number of aromatic nitrogens is 2. The third-order valence-electron chi connectivity index (χ3n) is 1.74. The molecule has 0 aliphatic heterocycles. The van der Waals surface area contributed by atoms with Gasteiger partial charge in [-0.25, -0.2) is 9.97 Å². The molecule has 82 valence electrons. The summed E-state index contributed by atoms with van der Waals surface area (Å²) in [4.78, 5) is 18.5. The number of amides is 1. The van der Waals surface area contributed by atoms with E-state index in [1.807, 2.05) is 0 Å². The Kier molecular flexibility index (Phi) is 3.68. The Balaban J connectivity index is 2.94. The van der Waals surface area contributed by atoms with Crippen molar-refractivity contribution >= 4 is 23.3 Å². The first-order chi connectivity index (χ1) is 7.06. The van der Waals surface area contributed by atoms with Crippen LogP contribution in [0.15, 0.2) is 6.33 Å². The number of carbonyl (C=O) groups excluding carboxylic acids is 1. The number of carbonyl (C=O) groups is 1. The first-order valence-corrected chi connectivity index (χ1v) is 4.54. The summed E-state index contributed by atoms with van der Waals surface area (Å²) in [6.45, 7) is 1.61. The second-order valence-corrected chi connectivity index (χ2v) is 3.17. The van der Waals surface area contributed by atoms with Crippen LogP contribution in [-0.4, -0.2) is 29.0 Å². The van der Waals surface area contributed by atoms with Crippen LogP contribution in [0, 0.1) is 0 Å². The number of ether oxygens (including phenoxy) is 1. The number of hydrogen-bond acceptors (Lipinski definition) is 5. The van der Waals surface area contributed by atoms with Gasteiger partial charge in [0.15, 0.2) is 16.7 Å². The minimum Gasteiger partial charge on any atom is -0.490 e. The molecule has 1 heterocycles. The van der Waals surface area contributed by atoms with E-state index in [4.69, 9.17) is 22.1 Å². The summed E-state index contributed by atoms with van der Waals surface area (Å²) in [7, 11) is 1.44. The molecule has 1 aromatic rings. The van der Waals surface area contributed by atoms with Gasteiger partial charge < -0.3 is 15.8 Å². The van der Waals surface area contributed by atoms with Crippen LogP contribution in [0.2, 0.25) is 5.15 Å². The van der Waals surface area contributed by atoms with Crippen molar-refractivity contribution in [1.29, 1.82) is 0 Å². The maximum atomic E-state index is 10.8. The zero-order valence-corrected chi connectivity index (χ0v) is 9.08. The van der Waals surface area contributed by atoms with E-state index in [9.17, 15) is 4.79 Å². The zero-order chi connectivity index (χ0) is 11.4. The molecule has 1 unspecified atom stereocenters. The number of halogens is 1. The minimum absolute atomic E-state index is 0.173. The van der Waals surface area contributed by atoms with E-state index in [1.165, 1.54) is 13.4 Å². The number of rotatable bonds is 4. The van der Waals surface area contributed by atoms with Crippen molar-refractivity contribution in [2.75, 3.05) is 12.4 Å². The van der Waals surface area contributed by atoms with E-state index in [0.717, 1.165) is 0 Å². The molecule has 0 aliphatic carbocycles. The lowest BCUT2D eigenvalue weighted by Crippen LogP contribution is -2.32. The van der Waals surface area contributed by atoms with E-state index >= 15 is 0 Å². The monoisotopic (exact) mass is 230 g/mol. The number of hydrogen-bond donors (Lipinski definition) is 2. The van der Waals surface area contributed by atoms with E-state index in [2.05, 4.69) is 15.3 Å². The summed E-state index contributed by atoms with van der Waals surface area (Å²) in [6, 6.07) is -0.565. The molecule has 1 atom stereocenters. The smallest absolute Gasteiger partial charge is 0.239 e. The molecule has 3 N–H and O–H groups in total. The van der Waals surface area contributed by atoms with Crippen LogP contribution in [-0.2, 0) is 4.79 Å². The molecule has 0 fully saturated rings. The van der Waals surface area contributed by atoms with Gasteiger partial charge in [-0.1, -0.05) is 11.6 Å². The van der Waals surface area contributed by atoms with Gasteiger partial charge in [0.2, 0.25) is 5.91 Å². The molecule has 7 heteroatoms. The van der Waals surface area contributed by atoms with Crippen LogP contribution >= 0.6 is 11.6 Å². The Bertz CT molecular complexity index is 372.